The summed E-state index contributed by atoms with van der Waals surface area (Å²) < 4.78 is 29.1. The number of benzene rings is 1. The van der Waals surface area contributed by atoms with Crippen molar-refractivity contribution in [3.63, 3.8) is 0 Å². The number of likely N-dealkylation sites (tertiary alicyclic amines) is 1. The number of rotatable bonds is 6. The molecule has 1 amide bonds. The first-order valence-corrected chi connectivity index (χ1v) is 6.41. The average Bonchev–Trinajstić information content (AvgIpc) is 2.78. The number of hydrogen-bond acceptors (Lipinski definition) is 3. The van der Waals surface area contributed by atoms with E-state index in [1.807, 2.05) is 0 Å². The summed E-state index contributed by atoms with van der Waals surface area (Å²) in [5.41, 5.74) is 8.81. The summed E-state index contributed by atoms with van der Waals surface area (Å²) in [6.45, 7) is -2.00. The second-order valence-corrected chi connectivity index (χ2v) is 4.74. The van der Waals surface area contributed by atoms with E-state index in [-0.39, 0.29) is 30.7 Å². The van der Waals surface area contributed by atoms with Crippen molar-refractivity contribution in [3.05, 3.63) is 40.3 Å². The molecule has 0 spiro atoms. The second-order valence-electron chi connectivity index (χ2n) is 4.74. The number of ether oxygens (including phenoxy) is 1. The van der Waals surface area contributed by atoms with Gasteiger partial charge in [-0.1, -0.05) is 23.3 Å². The quantitative estimate of drug-likeness (QED) is 0.459. The largest absolute Gasteiger partial charge is 0.434 e. The molecule has 1 atom stereocenters. The van der Waals surface area contributed by atoms with Crippen LogP contribution in [0.15, 0.2) is 29.4 Å². The lowest BCUT2D eigenvalue weighted by Gasteiger charge is -2.18. The normalized spacial score (nSPS) is 18.0. The van der Waals surface area contributed by atoms with E-state index >= 15 is 0 Å². The molecule has 1 heterocycles. The van der Waals surface area contributed by atoms with E-state index in [2.05, 4.69) is 14.8 Å². The van der Waals surface area contributed by atoms with Crippen molar-refractivity contribution in [2.24, 2.45) is 11.0 Å². The maximum absolute atomic E-state index is 12.3. The molecule has 1 aliphatic heterocycles. The minimum Gasteiger partial charge on any atom is -0.434 e. The number of para-hydroxylation sites is 1. The zero-order valence-corrected chi connectivity index (χ0v) is 11.2. The third-order valence-electron chi connectivity index (χ3n) is 3.25. The molecule has 1 fully saturated rings. The summed E-state index contributed by atoms with van der Waals surface area (Å²) in [5.74, 6) is -0.0460. The number of carbonyl (C=O) groups is 1. The fraction of sp³-hybridized carbons (Fsp3) is 0.462. The highest BCUT2D eigenvalue weighted by molar-refractivity contribution is 5.78. The smallest absolute Gasteiger partial charge is 0.387 e. The Hall–Kier alpha value is -2.34. The standard InChI is InChI=1S/C13H14F2N4O2/c14-13(15)21-11-4-2-1-3-10(11)8-19-7-9(5-12(19)20)6-17-18-16/h1-4,9,13H,5-8H2. The molecule has 0 N–H and O–H groups in total. The lowest BCUT2D eigenvalue weighted by atomic mass is 10.1. The zero-order valence-electron chi connectivity index (χ0n) is 11.2. The first-order valence-electron chi connectivity index (χ1n) is 6.41. The Morgan fingerprint density at radius 1 is 1.48 bits per heavy atom. The number of halogens is 2. The molecule has 1 unspecified atom stereocenters. The van der Waals surface area contributed by atoms with Crippen LogP contribution in [0.5, 0.6) is 5.75 Å². The lowest BCUT2D eigenvalue weighted by molar-refractivity contribution is -0.128. The SMILES string of the molecule is [N-]=[N+]=NCC1CC(=O)N(Cc2ccccc2OC(F)F)C1. The Labute approximate surface area is 119 Å². The molecular formula is C13H14F2N4O2. The van der Waals surface area contributed by atoms with Crippen molar-refractivity contribution in [1.82, 2.24) is 4.90 Å². The first-order chi connectivity index (χ1) is 10.1. The number of azide groups is 1. The van der Waals surface area contributed by atoms with E-state index in [4.69, 9.17) is 5.53 Å². The van der Waals surface area contributed by atoms with Crippen LogP contribution in [0.25, 0.3) is 10.4 Å². The molecule has 21 heavy (non-hydrogen) atoms. The zero-order chi connectivity index (χ0) is 15.2. The van der Waals surface area contributed by atoms with Crippen LogP contribution in [-0.2, 0) is 11.3 Å². The van der Waals surface area contributed by atoms with Gasteiger partial charge in [-0.15, -0.1) is 0 Å². The fourth-order valence-electron chi connectivity index (χ4n) is 2.33. The van der Waals surface area contributed by atoms with Crippen molar-refractivity contribution < 1.29 is 18.3 Å². The maximum atomic E-state index is 12.3. The van der Waals surface area contributed by atoms with Gasteiger partial charge in [0.2, 0.25) is 5.91 Å². The topological polar surface area (TPSA) is 78.3 Å². The van der Waals surface area contributed by atoms with E-state index in [1.165, 1.54) is 6.07 Å². The van der Waals surface area contributed by atoms with Gasteiger partial charge in [-0.05, 0) is 17.5 Å². The molecule has 2 rings (SSSR count). The Bertz CT molecular complexity index is 561. The van der Waals surface area contributed by atoms with Gasteiger partial charge in [-0.3, -0.25) is 4.79 Å². The van der Waals surface area contributed by atoms with E-state index < -0.39 is 6.61 Å². The van der Waals surface area contributed by atoms with Crippen molar-refractivity contribution in [2.75, 3.05) is 13.1 Å². The first kappa shape index (κ1) is 15.1. The second kappa shape index (κ2) is 6.90. The molecule has 6 nitrogen and oxygen atoms in total. The van der Waals surface area contributed by atoms with Crippen LogP contribution in [0.4, 0.5) is 8.78 Å². The number of amides is 1. The van der Waals surface area contributed by atoms with Crippen LogP contribution in [-0.4, -0.2) is 30.5 Å². The Morgan fingerprint density at radius 2 is 2.24 bits per heavy atom. The van der Waals surface area contributed by atoms with Crippen molar-refractivity contribution >= 4 is 5.91 Å². The number of carbonyl (C=O) groups excluding carboxylic acids is 1. The molecule has 0 aromatic heterocycles. The monoisotopic (exact) mass is 296 g/mol. The van der Waals surface area contributed by atoms with Gasteiger partial charge in [0.25, 0.3) is 0 Å². The molecule has 1 aliphatic rings. The highest BCUT2D eigenvalue weighted by atomic mass is 19.3. The molecule has 1 aromatic carbocycles. The number of nitrogens with zero attached hydrogens (tertiary/aromatic N) is 4. The lowest BCUT2D eigenvalue weighted by Crippen LogP contribution is -2.25. The van der Waals surface area contributed by atoms with Gasteiger partial charge in [0.15, 0.2) is 0 Å². The number of alkyl halides is 2. The Kier molecular flexibility index (Phi) is 4.94. The summed E-state index contributed by atoms with van der Waals surface area (Å²) in [6, 6.07) is 6.38. The predicted octanol–water partition coefficient (Wildman–Crippen LogP) is 2.95. The summed E-state index contributed by atoms with van der Waals surface area (Å²) >= 11 is 0. The van der Waals surface area contributed by atoms with E-state index in [9.17, 15) is 13.6 Å². The van der Waals surface area contributed by atoms with Crippen LogP contribution >= 0.6 is 0 Å². The third kappa shape index (κ3) is 4.06. The number of hydrogen-bond donors (Lipinski definition) is 0. The third-order valence-corrected chi connectivity index (χ3v) is 3.25. The minimum absolute atomic E-state index is 0.0309. The van der Waals surface area contributed by atoms with Crippen LogP contribution < -0.4 is 4.74 Å². The van der Waals surface area contributed by atoms with Gasteiger partial charge in [0, 0.05) is 36.5 Å². The van der Waals surface area contributed by atoms with Gasteiger partial charge in [0.1, 0.15) is 5.75 Å². The van der Waals surface area contributed by atoms with Crippen LogP contribution in [0.3, 0.4) is 0 Å². The summed E-state index contributed by atoms with van der Waals surface area (Å²) in [6.07, 6.45) is 0.302. The average molecular weight is 296 g/mol. The Balaban J connectivity index is 2.05. The van der Waals surface area contributed by atoms with Crippen molar-refractivity contribution in [3.8, 4) is 5.75 Å². The van der Waals surface area contributed by atoms with E-state index in [0.29, 0.717) is 18.5 Å². The van der Waals surface area contributed by atoms with Gasteiger partial charge in [0.05, 0.1) is 0 Å². The van der Waals surface area contributed by atoms with Crippen molar-refractivity contribution in [2.45, 2.75) is 19.6 Å². The molecule has 8 heteroatoms. The van der Waals surface area contributed by atoms with Gasteiger partial charge in [-0.2, -0.15) is 8.78 Å². The maximum Gasteiger partial charge on any atom is 0.387 e. The van der Waals surface area contributed by atoms with Crippen LogP contribution in [0.1, 0.15) is 12.0 Å². The Morgan fingerprint density at radius 3 is 2.95 bits per heavy atom. The highest BCUT2D eigenvalue weighted by Crippen LogP contribution is 2.26. The van der Waals surface area contributed by atoms with Crippen LogP contribution in [0, 0.1) is 5.92 Å². The molecule has 0 bridgehead atoms. The summed E-state index contributed by atoms with van der Waals surface area (Å²) in [7, 11) is 0. The minimum atomic E-state index is -2.90. The van der Waals surface area contributed by atoms with Gasteiger partial charge in [-0.25, -0.2) is 0 Å². The highest BCUT2D eigenvalue weighted by Gasteiger charge is 2.29. The summed E-state index contributed by atoms with van der Waals surface area (Å²) in [4.78, 5) is 16.1. The molecular weight excluding hydrogens is 282 g/mol. The molecule has 112 valence electrons. The van der Waals surface area contributed by atoms with Crippen LogP contribution in [0.2, 0.25) is 0 Å². The molecule has 0 saturated carbocycles. The molecule has 0 aliphatic carbocycles. The molecule has 1 saturated heterocycles. The van der Waals surface area contributed by atoms with Gasteiger partial charge >= 0.3 is 6.61 Å². The predicted molar refractivity (Wildman–Crippen MR) is 70.6 cm³/mol. The molecule has 1 aromatic rings. The van der Waals surface area contributed by atoms with Gasteiger partial charge < -0.3 is 9.64 Å². The summed E-state index contributed by atoms with van der Waals surface area (Å²) in [5, 5.41) is 3.46. The molecule has 0 radical (unpaired) electrons. The van der Waals surface area contributed by atoms with E-state index in [1.54, 1.807) is 23.1 Å². The van der Waals surface area contributed by atoms with Crippen molar-refractivity contribution in [1.29, 1.82) is 0 Å². The fourth-order valence-corrected chi connectivity index (χ4v) is 2.33. The van der Waals surface area contributed by atoms with E-state index in [0.717, 1.165) is 0 Å².